The van der Waals surface area contributed by atoms with Gasteiger partial charge in [0.15, 0.2) is 6.10 Å². The zero-order valence-electron chi connectivity index (χ0n) is 66.6. The molecule has 0 aliphatic heterocycles. The van der Waals surface area contributed by atoms with E-state index in [0.717, 1.165) is 225 Å². The zero-order chi connectivity index (χ0) is 77.8. The number of esters is 5. The van der Waals surface area contributed by atoms with Gasteiger partial charge in [0.2, 0.25) is 0 Å². The Balaban J connectivity index is -0.000000775. The number of allylic oxidation sites excluding steroid dienone is 4. The summed E-state index contributed by atoms with van der Waals surface area (Å²) in [4.78, 5) is 90.3. The van der Waals surface area contributed by atoms with Crippen LogP contribution in [0.4, 0.5) is 0 Å². The second-order valence-electron chi connectivity index (χ2n) is 27.9. The fourth-order valence-electron chi connectivity index (χ4n) is 10.6. The molecule has 0 heterocycles. The quantitative estimate of drug-likeness (QED) is 0.0143. The molecule has 7 atom stereocenters. The van der Waals surface area contributed by atoms with Crippen LogP contribution in [0, 0.1) is 5.92 Å². The molecule has 0 radical (unpaired) electrons. The van der Waals surface area contributed by atoms with Crippen molar-refractivity contribution >= 4 is 47.8 Å². The Morgan fingerprint density at radius 2 is 0.592 bits per heavy atom. The monoisotopic (exact) mass is 1470 g/mol. The molecule has 0 saturated carbocycles. The third-order valence-electron chi connectivity index (χ3n) is 17.2. The van der Waals surface area contributed by atoms with Gasteiger partial charge in [0.05, 0.1) is 19.1 Å². The van der Waals surface area contributed by atoms with E-state index in [1.54, 1.807) is 6.92 Å². The number of aliphatic hydroxyl groups is 3. The third kappa shape index (κ3) is 82.1. The van der Waals surface area contributed by atoms with Crippen LogP contribution in [0.15, 0.2) is 48.6 Å². The van der Waals surface area contributed by atoms with Gasteiger partial charge in [-0.3, -0.25) is 24.0 Å². The van der Waals surface area contributed by atoms with E-state index in [0.29, 0.717) is 19.3 Å². The van der Waals surface area contributed by atoms with E-state index in [-0.39, 0.29) is 61.1 Å². The highest BCUT2D eigenvalue weighted by atomic mass is 16.6. The minimum atomic E-state index is -1.23. The lowest BCUT2D eigenvalue weighted by Crippen LogP contribution is -2.29. The van der Waals surface area contributed by atoms with Crippen molar-refractivity contribution in [3.05, 3.63) is 48.6 Å². The van der Waals surface area contributed by atoms with Crippen LogP contribution in [0.2, 0.25) is 0 Å². The second kappa shape index (κ2) is 79.2. The lowest BCUT2D eigenvalue weighted by atomic mass is 10.1. The molecule has 0 saturated heterocycles. The first-order chi connectivity index (χ1) is 49.4. The molecule has 0 amide bonds. The highest BCUT2D eigenvalue weighted by Gasteiger charge is 2.23. The largest absolute Gasteiger partial charge is 0.481 e. The summed E-state index contributed by atoms with van der Waals surface area (Å²) >= 11 is 0. The number of carboxylic acids is 3. The summed E-state index contributed by atoms with van der Waals surface area (Å²) in [6, 6.07) is 0. The molecular formula is C84H152O19. The van der Waals surface area contributed by atoms with Gasteiger partial charge in [0.1, 0.15) is 30.5 Å². The van der Waals surface area contributed by atoms with E-state index in [1.807, 2.05) is 32.1 Å². The zero-order valence-corrected chi connectivity index (χ0v) is 66.6. The smallest absolute Gasteiger partial charge is 0.347 e. The lowest BCUT2D eigenvalue weighted by molar-refractivity contribution is -0.169. The molecule has 19 heteroatoms. The van der Waals surface area contributed by atoms with Gasteiger partial charge in [-0.15, -0.1) is 0 Å². The number of aliphatic carboxylic acids is 3. The molecule has 19 nitrogen and oxygen atoms in total. The second-order valence-corrected chi connectivity index (χ2v) is 27.9. The number of ether oxygens (including phenoxy) is 5. The minimum absolute atomic E-state index is 0.0858. The number of aliphatic hydroxyl groups excluding tert-OH is 3. The van der Waals surface area contributed by atoms with E-state index in [2.05, 4.69) is 62.8 Å². The molecule has 7 unspecified atom stereocenters. The highest BCUT2D eigenvalue weighted by Crippen LogP contribution is 2.19. The molecule has 0 aliphatic rings. The van der Waals surface area contributed by atoms with E-state index in [4.69, 9.17) is 39.4 Å². The predicted molar refractivity (Wildman–Crippen MR) is 414 cm³/mol. The highest BCUT2D eigenvalue weighted by molar-refractivity contribution is 5.79. The van der Waals surface area contributed by atoms with Crippen LogP contribution in [0.3, 0.4) is 0 Å². The van der Waals surface area contributed by atoms with Crippen LogP contribution in [0.25, 0.3) is 0 Å². The molecule has 0 aliphatic carbocycles. The van der Waals surface area contributed by atoms with Gasteiger partial charge in [0.25, 0.3) is 0 Å². The van der Waals surface area contributed by atoms with Crippen LogP contribution in [0.1, 0.15) is 383 Å². The minimum Gasteiger partial charge on any atom is -0.481 e. The number of unbranched alkanes of at least 4 members (excludes halogenated alkanes) is 34. The van der Waals surface area contributed by atoms with Gasteiger partial charge in [-0.1, -0.05) is 245 Å². The van der Waals surface area contributed by atoms with Gasteiger partial charge in [-0.05, 0) is 161 Å². The van der Waals surface area contributed by atoms with Crippen molar-refractivity contribution in [1.29, 1.82) is 0 Å². The van der Waals surface area contributed by atoms with E-state index >= 15 is 0 Å². The standard InChI is InChI=1S/C42H74O9.C21H38O4.C18H34O3.C3H6O3/c1-6-8-10-18-24-30-37(50-41(46)35(3)43)31-25-19-15-13-17-22-28-34-40(45)49-36(4)42(47)51-38(29-23-11-9-7-2)32-26-20-14-12-16-21-27-33-39(44)48-5;1-4-5-6-12-15-19(25-21(24)18(2)3)16-13-10-8-7-9-11-14-17-20(22)23;1-2-3-4-8-11-14-17(19)15-12-9-6-5-7-10-13-16-18(20)21;1-2(4)3(5)6/h25-26,31-32,35-38,43H,6-24,27-30,33-34H2,1-5H3;13,16,18-19H,4-12,14-15,17H2,1-3H3,(H,22,23);12,15,17,19H,2-11,13-14,16H2,1H3,(H,20,21);2,4H,1H3,(H,5,6)/b31-25-,32-26-;16-13-;15-12-;. The predicted octanol–water partition coefficient (Wildman–Crippen LogP) is 20.6. The van der Waals surface area contributed by atoms with Crippen molar-refractivity contribution in [3.63, 3.8) is 0 Å². The molecule has 0 aromatic heterocycles. The molecule has 0 aromatic rings. The number of carboxylic acid groups (broad SMARTS) is 3. The Morgan fingerprint density at radius 3 is 0.922 bits per heavy atom. The molecule has 602 valence electrons. The summed E-state index contributed by atoms with van der Waals surface area (Å²) in [7, 11) is 1.42. The maximum atomic E-state index is 12.8. The summed E-state index contributed by atoms with van der Waals surface area (Å²) in [5, 5.41) is 52.2. The maximum absolute atomic E-state index is 12.8. The van der Waals surface area contributed by atoms with Gasteiger partial charge in [0, 0.05) is 25.7 Å². The van der Waals surface area contributed by atoms with Gasteiger partial charge in [-0.2, -0.15) is 0 Å². The number of hydrogen-bond acceptors (Lipinski definition) is 16. The van der Waals surface area contributed by atoms with Gasteiger partial charge < -0.3 is 54.3 Å². The van der Waals surface area contributed by atoms with E-state index < -0.39 is 48.2 Å². The van der Waals surface area contributed by atoms with E-state index in [9.17, 15) is 48.6 Å². The summed E-state index contributed by atoms with van der Waals surface area (Å²) in [5.74, 6) is -4.41. The molecule has 0 bridgehead atoms. The molecule has 0 aromatic carbocycles. The van der Waals surface area contributed by atoms with Crippen LogP contribution in [-0.4, -0.2) is 128 Å². The van der Waals surface area contributed by atoms with Crippen LogP contribution < -0.4 is 0 Å². The first-order valence-corrected chi connectivity index (χ1v) is 40.7. The normalized spacial score (nSPS) is 13.4. The van der Waals surface area contributed by atoms with Crippen molar-refractivity contribution in [2.45, 2.75) is 426 Å². The number of methoxy groups -OCH3 is 1. The molecule has 0 rings (SSSR count). The first-order valence-electron chi connectivity index (χ1n) is 40.7. The molecule has 0 spiro atoms. The van der Waals surface area contributed by atoms with Crippen molar-refractivity contribution in [1.82, 2.24) is 0 Å². The molecule has 6 N–H and O–H groups in total. The van der Waals surface area contributed by atoms with Crippen molar-refractivity contribution < 1.29 is 92.7 Å². The maximum Gasteiger partial charge on any atom is 0.347 e. The Kier molecular flexibility index (Phi) is 79.9. The fourth-order valence-corrected chi connectivity index (χ4v) is 10.6. The fraction of sp³-hybridized carbons (Fsp3) is 0.810. The van der Waals surface area contributed by atoms with Crippen LogP contribution in [-0.2, 0) is 62.0 Å². The van der Waals surface area contributed by atoms with Crippen LogP contribution >= 0.6 is 0 Å². The van der Waals surface area contributed by atoms with Crippen LogP contribution in [0.5, 0.6) is 0 Å². The Bertz CT molecular complexity index is 2130. The number of carbonyl (C=O) groups excluding carboxylic acids is 5. The van der Waals surface area contributed by atoms with Crippen molar-refractivity contribution in [3.8, 4) is 0 Å². The van der Waals surface area contributed by atoms with Crippen molar-refractivity contribution in [2.75, 3.05) is 7.11 Å². The number of rotatable bonds is 66. The SMILES string of the molecule is CC(O)C(=O)O.CCCCCCC(/C=C\CCCCCCCC(=O)O)OC(=O)C(C)C.CCCCCCCC(/C=C\CCCCCCCC(=O)OC(C)C(=O)OC(/C=C\CCCCCCCC(=O)OC)CCCCCC)OC(=O)C(C)O.CCCCCCCC(O)/C=C\CCCCCCCC(=O)O. The first kappa shape index (κ1) is 104. The molecular weight excluding hydrogens is 1310 g/mol. The average Bonchev–Trinajstić information content (AvgIpc) is 0.961. The average molecular weight is 1470 g/mol. The van der Waals surface area contributed by atoms with Crippen molar-refractivity contribution in [2.24, 2.45) is 5.92 Å². The van der Waals surface area contributed by atoms with Gasteiger partial charge in [-0.25, -0.2) is 14.4 Å². The summed E-state index contributed by atoms with van der Waals surface area (Å²) in [6.07, 6.45) is 61.4. The molecule has 103 heavy (non-hydrogen) atoms. The Morgan fingerprint density at radius 1 is 0.311 bits per heavy atom. The summed E-state index contributed by atoms with van der Waals surface area (Å²) in [5.41, 5.74) is 0. The topological polar surface area (TPSA) is 304 Å². The Labute approximate surface area is 625 Å². The van der Waals surface area contributed by atoms with E-state index in [1.165, 1.54) is 85.2 Å². The molecule has 0 fully saturated rings. The number of hydrogen-bond donors (Lipinski definition) is 6. The number of carbonyl (C=O) groups is 8. The summed E-state index contributed by atoms with van der Waals surface area (Å²) < 4.78 is 26.9. The summed E-state index contributed by atoms with van der Waals surface area (Å²) in [6.45, 7) is 16.7. The van der Waals surface area contributed by atoms with Gasteiger partial charge >= 0.3 is 47.8 Å². The Hall–Kier alpha value is -5.40. The third-order valence-corrected chi connectivity index (χ3v) is 17.2. The lowest BCUT2D eigenvalue weighted by Gasteiger charge is -2.18.